The highest BCUT2D eigenvalue weighted by Gasteiger charge is 2.22. The molecule has 1 aliphatic carbocycles. The van der Waals surface area contributed by atoms with Crippen molar-refractivity contribution in [3.8, 4) is 5.75 Å². The summed E-state index contributed by atoms with van der Waals surface area (Å²) in [4.78, 5) is 23.4. The Hall–Kier alpha value is -1.76. The van der Waals surface area contributed by atoms with Crippen LogP contribution in [0.1, 0.15) is 58.8 Å². The number of hydrogen-bond acceptors (Lipinski definition) is 6. The predicted molar refractivity (Wildman–Crippen MR) is 111 cm³/mol. The molecule has 0 saturated heterocycles. The summed E-state index contributed by atoms with van der Waals surface area (Å²) in [7, 11) is 0. The SMILES string of the molecule is CCCCC(CC)COC(=O)CCSc1cc(OCC2CC2)ccc1[N+](=O)[O-]. The molecule has 0 aliphatic heterocycles. The van der Waals surface area contributed by atoms with Crippen molar-refractivity contribution in [3.63, 3.8) is 0 Å². The molecule has 0 spiro atoms. The molecule has 156 valence electrons. The van der Waals surface area contributed by atoms with E-state index in [1.54, 1.807) is 12.1 Å². The van der Waals surface area contributed by atoms with E-state index in [-0.39, 0.29) is 18.1 Å². The van der Waals surface area contributed by atoms with Gasteiger partial charge in [-0.15, -0.1) is 11.8 Å². The zero-order chi connectivity index (χ0) is 20.4. The fourth-order valence-electron chi connectivity index (χ4n) is 2.77. The smallest absolute Gasteiger partial charge is 0.306 e. The number of carbonyl (C=O) groups is 1. The number of unbranched alkanes of at least 4 members (excludes halogenated alkanes) is 1. The first-order valence-electron chi connectivity index (χ1n) is 10.2. The number of esters is 1. The Balaban J connectivity index is 1.80. The number of hydrogen-bond donors (Lipinski definition) is 0. The van der Waals surface area contributed by atoms with Crippen LogP contribution in [0.5, 0.6) is 5.75 Å². The summed E-state index contributed by atoms with van der Waals surface area (Å²) in [5.41, 5.74) is 0.0442. The maximum Gasteiger partial charge on any atom is 0.306 e. The second kappa shape index (κ2) is 11.9. The number of nitro groups is 1. The van der Waals surface area contributed by atoms with Crippen molar-refractivity contribution < 1.29 is 19.2 Å². The molecular formula is C21H31NO5S. The van der Waals surface area contributed by atoms with Crippen molar-refractivity contribution in [1.29, 1.82) is 0 Å². The Kier molecular flexibility index (Phi) is 9.61. The monoisotopic (exact) mass is 409 g/mol. The molecule has 28 heavy (non-hydrogen) atoms. The minimum Gasteiger partial charge on any atom is -0.493 e. The van der Waals surface area contributed by atoms with Gasteiger partial charge in [-0.3, -0.25) is 14.9 Å². The number of carbonyl (C=O) groups excluding carboxylic acids is 1. The molecule has 1 aromatic rings. The second-order valence-electron chi connectivity index (χ2n) is 7.34. The highest BCUT2D eigenvalue weighted by Crippen LogP contribution is 2.34. The van der Waals surface area contributed by atoms with Crippen LogP contribution in [0, 0.1) is 22.0 Å². The van der Waals surface area contributed by atoms with Crippen molar-refractivity contribution in [2.75, 3.05) is 19.0 Å². The van der Waals surface area contributed by atoms with Crippen LogP contribution in [-0.4, -0.2) is 29.9 Å². The number of ether oxygens (including phenoxy) is 2. The van der Waals surface area contributed by atoms with Gasteiger partial charge in [0.05, 0.1) is 29.5 Å². The second-order valence-corrected chi connectivity index (χ2v) is 8.48. The van der Waals surface area contributed by atoms with Crippen LogP contribution in [0.2, 0.25) is 0 Å². The molecule has 0 aromatic heterocycles. The van der Waals surface area contributed by atoms with Gasteiger partial charge in [0.1, 0.15) is 5.75 Å². The molecule has 1 saturated carbocycles. The summed E-state index contributed by atoms with van der Waals surface area (Å²) in [5.74, 6) is 1.87. The molecule has 1 unspecified atom stereocenters. The highest BCUT2D eigenvalue weighted by molar-refractivity contribution is 7.99. The summed E-state index contributed by atoms with van der Waals surface area (Å²) >= 11 is 1.30. The van der Waals surface area contributed by atoms with Crippen LogP contribution in [-0.2, 0) is 9.53 Å². The number of nitrogens with zero attached hydrogens (tertiary/aromatic N) is 1. The molecule has 6 nitrogen and oxygen atoms in total. The zero-order valence-electron chi connectivity index (χ0n) is 16.9. The van der Waals surface area contributed by atoms with Crippen molar-refractivity contribution in [1.82, 2.24) is 0 Å². The van der Waals surface area contributed by atoms with E-state index in [4.69, 9.17) is 9.47 Å². The average Bonchev–Trinajstić information content (AvgIpc) is 3.51. The van der Waals surface area contributed by atoms with Gasteiger partial charge in [0, 0.05) is 17.9 Å². The first-order chi connectivity index (χ1) is 13.5. The van der Waals surface area contributed by atoms with Gasteiger partial charge in [0.2, 0.25) is 0 Å². The Morgan fingerprint density at radius 1 is 1.36 bits per heavy atom. The first-order valence-corrected chi connectivity index (χ1v) is 11.2. The molecule has 0 radical (unpaired) electrons. The molecule has 1 aliphatic rings. The number of benzene rings is 1. The maximum atomic E-state index is 12.0. The van der Waals surface area contributed by atoms with E-state index in [1.807, 2.05) is 0 Å². The van der Waals surface area contributed by atoms with Crippen molar-refractivity contribution in [2.45, 2.75) is 63.7 Å². The summed E-state index contributed by atoms with van der Waals surface area (Å²) in [6.45, 7) is 5.39. The van der Waals surface area contributed by atoms with Crippen molar-refractivity contribution >= 4 is 23.4 Å². The van der Waals surface area contributed by atoms with Gasteiger partial charge in [-0.05, 0) is 37.2 Å². The van der Waals surface area contributed by atoms with Crippen LogP contribution >= 0.6 is 11.8 Å². The molecule has 0 amide bonds. The first kappa shape index (κ1) is 22.5. The molecule has 1 atom stereocenters. The predicted octanol–water partition coefficient (Wildman–Crippen LogP) is 5.63. The van der Waals surface area contributed by atoms with Gasteiger partial charge in [0.25, 0.3) is 5.69 Å². The van der Waals surface area contributed by atoms with E-state index in [9.17, 15) is 14.9 Å². The third-order valence-corrected chi connectivity index (χ3v) is 5.94. The molecule has 0 N–H and O–H groups in total. The third kappa shape index (κ3) is 8.09. The van der Waals surface area contributed by atoms with E-state index in [1.165, 1.54) is 30.7 Å². The lowest BCUT2D eigenvalue weighted by Gasteiger charge is -2.14. The molecule has 1 fully saturated rings. The normalized spacial score (nSPS) is 14.5. The average molecular weight is 410 g/mol. The quantitative estimate of drug-likeness (QED) is 0.172. The van der Waals surface area contributed by atoms with Gasteiger partial charge in [-0.25, -0.2) is 0 Å². The van der Waals surface area contributed by atoms with Gasteiger partial charge >= 0.3 is 5.97 Å². The third-order valence-electron chi connectivity index (χ3n) is 4.90. The topological polar surface area (TPSA) is 78.7 Å². The fraction of sp³-hybridized carbons (Fsp3) is 0.667. The Bertz CT molecular complexity index is 648. The summed E-state index contributed by atoms with van der Waals surface area (Å²) in [6, 6.07) is 4.82. The van der Waals surface area contributed by atoms with Crippen LogP contribution < -0.4 is 4.74 Å². The molecule has 1 aromatic carbocycles. The Labute approximate surface area is 171 Å². The molecule has 0 bridgehead atoms. The standard InChI is InChI=1S/C21H31NO5S/c1-3-5-6-16(4-2)14-27-21(23)11-12-28-20-13-18(26-15-17-7-8-17)9-10-19(20)22(24)25/h9-10,13,16-17H,3-8,11-12,14-15H2,1-2H3. The van der Waals surface area contributed by atoms with Gasteiger partial charge in [-0.1, -0.05) is 33.1 Å². The molecule has 7 heteroatoms. The Morgan fingerprint density at radius 2 is 2.14 bits per heavy atom. The van der Waals surface area contributed by atoms with Gasteiger partial charge < -0.3 is 9.47 Å². The maximum absolute atomic E-state index is 12.0. The highest BCUT2D eigenvalue weighted by atomic mass is 32.2. The van der Waals surface area contributed by atoms with E-state index < -0.39 is 4.92 Å². The Morgan fingerprint density at radius 3 is 2.79 bits per heavy atom. The fourth-order valence-corrected chi connectivity index (χ4v) is 3.75. The lowest BCUT2D eigenvalue weighted by atomic mass is 10.0. The molecule has 0 heterocycles. The van der Waals surface area contributed by atoms with Crippen molar-refractivity contribution in [3.05, 3.63) is 28.3 Å². The van der Waals surface area contributed by atoms with Crippen LogP contribution in [0.3, 0.4) is 0 Å². The van der Waals surface area contributed by atoms with Crippen LogP contribution in [0.15, 0.2) is 23.1 Å². The number of thioether (sulfide) groups is 1. The van der Waals surface area contributed by atoms with E-state index >= 15 is 0 Å². The van der Waals surface area contributed by atoms with E-state index in [2.05, 4.69) is 13.8 Å². The van der Waals surface area contributed by atoms with Crippen LogP contribution in [0.25, 0.3) is 0 Å². The largest absolute Gasteiger partial charge is 0.493 e. The summed E-state index contributed by atoms with van der Waals surface area (Å²) in [5, 5.41) is 11.3. The zero-order valence-corrected chi connectivity index (χ0v) is 17.7. The number of rotatable bonds is 14. The van der Waals surface area contributed by atoms with E-state index in [0.717, 1.165) is 25.7 Å². The number of nitro benzene ring substituents is 1. The van der Waals surface area contributed by atoms with Gasteiger partial charge in [0.15, 0.2) is 0 Å². The minimum atomic E-state index is -0.398. The summed E-state index contributed by atoms with van der Waals surface area (Å²) < 4.78 is 11.1. The lowest BCUT2D eigenvalue weighted by molar-refractivity contribution is -0.387. The minimum absolute atomic E-state index is 0.0442. The lowest BCUT2D eigenvalue weighted by Crippen LogP contribution is -2.14. The summed E-state index contributed by atoms with van der Waals surface area (Å²) in [6.07, 6.45) is 6.98. The molecule has 2 rings (SSSR count). The van der Waals surface area contributed by atoms with E-state index in [0.29, 0.717) is 41.4 Å². The molecular weight excluding hydrogens is 378 g/mol. The van der Waals surface area contributed by atoms with Gasteiger partial charge in [-0.2, -0.15) is 0 Å². The van der Waals surface area contributed by atoms with Crippen LogP contribution in [0.4, 0.5) is 5.69 Å². The van der Waals surface area contributed by atoms with Crippen molar-refractivity contribution in [2.24, 2.45) is 11.8 Å².